The van der Waals surface area contributed by atoms with Crippen molar-refractivity contribution in [1.29, 1.82) is 0 Å². The average Bonchev–Trinajstić information content (AvgIpc) is 3.43. The van der Waals surface area contributed by atoms with Crippen molar-refractivity contribution in [3.63, 3.8) is 0 Å². The van der Waals surface area contributed by atoms with Crippen LogP contribution in [0.15, 0.2) is 81.2 Å². The van der Waals surface area contributed by atoms with E-state index in [-0.39, 0.29) is 23.8 Å². The van der Waals surface area contributed by atoms with E-state index < -0.39 is 6.04 Å². The van der Waals surface area contributed by atoms with Crippen LogP contribution in [0, 0.1) is 5.41 Å². The van der Waals surface area contributed by atoms with Crippen molar-refractivity contribution in [3.8, 4) is 0 Å². The molecule has 0 fully saturated rings. The van der Waals surface area contributed by atoms with Crippen molar-refractivity contribution in [2.45, 2.75) is 39.3 Å². The van der Waals surface area contributed by atoms with Crippen LogP contribution in [0.5, 0.6) is 0 Å². The Bertz CT molecular complexity index is 1180. The molecule has 3 heterocycles. The molecular formula is C25H25N3O4. The van der Waals surface area contributed by atoms with E-state index in [1.54, 1.807) is 35.6 Å². The highest BCUT2D eigenvalue weighted by Gasteiger charge is 2.44. The zero-order valence-corrected chi connectivity index (χ0v) is 18.1. The lowest BCUT2D eigenvalue weighted by molar-refractivity contribution is -0.118. The topological polar surface area (TPSA) is 87.7 Å². The van der Waals surface area contributed by atoms with Crippen molar-refractivity contribution < 1.29 is 18.4 Å². The number of nitrogens with one attached hydrogen (secondary N) is 2. The van der Waals surface area contributed by atoms with Crippen LogP contribution in [0.25, 0.3) is 0 Å². The van der Waals surface area contributed by atoms with Crippen LogP contribution in [0.2, 0.25) is 0 Å². The first-order valence-electron chi connectivity index (χ1n) is 10.7. The highest BCUT2D eigenvalue weighted by atomic mass is 16.3. The summed E-state index contributed by atoms with van der Waals surface area (Å²) in [5, 5.41) is 6.40. The van der Waals surface area contributed by atoms with Gasteiger partial charge in [0.1, 0.15) is 17.6 Å². The number of para-hydroxylation sites is 2. The van der Waals surface area contributed by atoms with Crippen LogP contribution in [0.4, 0.5) is 16.2 Å². The Kier molecular flexibility index (Phi) is 4.89. The predicted octanol–water partition coefficient (Wildman–Crippen LogP) is 5.40. The summed E-state index contributed by atoms with van der Waals surface area (Å²) in [5.41, 5.74) is 2.67. The summed E-state index contributed by atoms with van der Waals surface area (Å²) in [5.74, 6) is 1.20. The van der Waals surface area contributed by atoms with Gasteiger partial charge in [-0.25, -0.2) is 4.79 Å². The van der Waals surface area contributed by atoms with Gasteiger partial charge in [-0.1, -0.05) is 26.0 Å². The van der Waals surface area contributed by atoms with Gasteiger partial charge in [0.25, 0.3) is 0 Å². The Labute approximate surface area is 186 Å². The number of furan rings is 2. The summed E-state index contributed by atoms with van der Waals surface area (Å²) in [4.78, 5) is 28.7. The zero-order chi connectivity index (χ0) is 22.3. The molecule has 32 heavy (non-hydrogen) atoms. The maximum absolute atomic E-state index is 13.6. The number of nitrogens with zero attached hydrogens (tertiary/aromatic N) is 1. The molecule has 2 amide bonds. The Morgan fingerprint density at radius 1 is 1.09 bits per heavy atom. The molecule has 164 valence electrons. The maximum atomic E-state index is 13.6. The minimum absolute atomic E-state index is 0.0155. The molecule has 1 atom stereocenters. The minimum atomic E-state index is -0.684. The van der Waals surface area contributed by atoms with E-state index in [2.05, 4.69) is 24.5 Å². The Balaban J connectivity index is 1.64. The number of fused-ring (bicyclic) bond motifs is 1. The number of hydrogen-bond donors (Lipinski definition) is 2. The molecule has 1 aliphatic carbocycles. The molecule has 0 saturated heterocycles. The Morgan fingerprint density at radius 3 is 2.62 bits per heavy atom. The predicted molar refractivity (Wildman–Crippen MR) is 120 cm³/mol. The molecule has 7 nitrogen and oxygen atoms in total. The number of ketones is 1. The molecule has 1 unspecified atom stereocenters. The van der Waals surface area contributed by atoms with Gasteiger partial charge < -0.3 is 19.5 Å². The summed E-state index contributed by atoms with van der Waals surface area (Å²) in [7, 11) is 0. The second-order valence-electron chi connectivity index (χ2n) is 9.00. The number of anilines is 2. The van der Waals surface area contributed by atoms with Crippen LogP contribution < -0.4 is 15.5 Å². The fourth-order valence-electron chi connectivity index (χ4n) is 4.59. The second-order valence-corrected chi connectivity index (χ2v) is 9.00. The third kappa shape index (κ3) is 3.60. The van der Waals surface area contributed by atoms with Gasteiger partial charge in [0.2, 0.25) is 0 Å². The first-order valence-corrected chi connectivity index (χ1v) is 10.7. The zero-order valence-electron chi connectivity index (χ0n) is 18.1. The van der Waals surface area contributed by atoms with Gasteiger partial charge in [0.05, 0.1) is 30.4 Å². The van der Waals surface area contributed by atoms with Gasteiger partial charge in [-0.2, -0.15) is 0 Å². The van der Waals surface area contributed by atoms with Crippen molar-refractivity contribution >= 4 is 23.2 Å². The molecule has 2 aliphatic rings. The quantitative estimate of drug-likeness (QED) is 0.580. The summed E-state index contributed by atoms with van der Waals surface area (Å²) in [6.07, 6.45) is 4.23. The lowest BCUT2D eigenvalue weighted by Crippen LogP contribution is -2.44. The lowest BCUT2D eigenvalue weighted by Gasteiger charge is -2.36. The number of Topliss-reactive ketones (excluding diaryl/α,β-unsaturated/α-hetero) is 1. The number of carbonyl (C=O) groups is 2. The first-order chi connectivity index (χ1) is 15.4. The molecular weight excluding hydrogens is 406 g/mol. The lowest BCUT2D eigenvalue weighted by atomic mass is 9.74. The highest BCUT2D eigenvalue weighted by molar-refractivity contribution is 6.05. The van der Waals surface area contributed by atoms with Crippen LogP contribution in [-0.2, 0) is 11.3 Å². The SMILES string of the molecule is CC1(C)CC(=O)C2=C(C1)Nc1ccccc1N(C(=O)NCc1ccco1)C2c1ccco1. The highest BCUT2D eigenvalue weighted by Crippen LogP contribution is 2.48. The molecule has 0 saturated carbocycles. The molecule has 0 spiro atoms. The van der Waals surface area contributed by atoms with E-state index in [0.29, 0.717) is 35.6 Å². The number of rotatable bonds is 3. The molecule has 1 aromatic carbocycles. The monoisotopic (exact) mass is 431 g/mol. The summed E-state index contributed by atoms with van der Waals surface area (Å²) in [6, 6.07) is 13.7. The number of amides is 2. The third-order valence-corrected chi connectivity index (χ3v) is 5.93. The van der Waals surface area contributed by atoms with Crippen molar-refractivity contribution in [2.75, 3.05) is 10.2 Å². The molecule has 0 bridgehead atoms. The van der Waals surface area contributed by atoms with Gasteiger partial charge in [0.15, 0.2) is 5.78 Å². The maximum Gasteiger partial charge on any atom is 0.323 e. The minimum Gasteiger partial charge on any atom is -0.467 e. The molecule has 3 aromatic rings. The molecule has 2 N–H and O–H groups in total. The normalized spacial score (nSPS) is 19.6. The molecule has 1 aliphatic heterocycles. The largest absolute Gasteiger partial charge is 0.467 e. The van der Waals surface area contributed by atoms with Crippen molar-refractivity contribution in [2.24, 2.45) is 5.41 Å². The summed E-state index contributed by atoms with van der Waals surface area (Å²) >= 11 is 0. The van der Waals surface area contributed by atoms with Crippen LogP contribution in [-0.4, -0.2) is 11.8 Å². The van der Waals surface area contributed by atoms with Gasteiger partial charge in [-0.05, 0) is 48.2 Å². The van der Waals surface area contributed by atoms with Gasteiger partial charge in [0, 0.05) is 17.7 Å². The van der Waals surface area contributed by atoms with E-state index in [1.807, 2.05) is 30.3 Å². The fraction of sp³-hybridized carbons (Fsp3) is 0.280. The first kappa shape index (κ1) is 20.2. The van der Waals surface area contributed by atoms with Crippen LogP contribution in [0.3, 0.4) is 0 Å². The number of allylic oxidation sites excluding steroid dienone is 1. The van der Waals surface area contributed by atoms with E-state index in [1.165, 1.54) is 0 Å². The Hall–Kier alpha value is -3.74. The number of hydrogen-bond acceptors (Lipinski definition) is 5. The summed E-state index contributed by atoms with van der Waals surface area (Å²) in [6.45, 7) is 4.40. The fourth-order valence-corrected chi connectivity index (χ4v) is 4.59. The molecule has 2 aromatic heterocycles. The molecule has 5 rings (SSSR count). The Morgan fingerprint density at radius 2 is 1.88 bits per heavy atom. The van der Waals surface area contributed by atoms with E-state index in [4.69, 9.17) is 8.83 Å². The van der Waals surface area contributed by atoms with Crippen molar-refractivity contribution in [1.82, 2.24) is 5.32 Å². The molecule has 0 radical (unpaired) electrons. The molecule has 7 heteroatoms. The van der Waals surface area contributed by atoms with Crippen molar-refractivity contribution in [3.05, 3.63) is 83.8 Å². The van der Waals surface area contributed by atoms with Crippen LogP contribution in [0.1, 0.15) is 44.3 Å². The number of carbonyl (C=O) groups excluding carboxylic acids is 2. The number of benzene rings is 1. The van der Waals surface area contributed by atoms with Crippen LogP contribution >= 0.6 is 0 Å². The average molecular weight is 431 g/mol. The van der Waals surface area contributed by atoms with Gasteiger partial charge in [-0.15, -0.1) is 0 Å². The second kappa shape index (κ2) is 7.75. The van der Waals surface area contributed by atoms with Gasteiger partial charge >= 0.3 is 6.03 Å². The van der Waals surface area contributed by atoms with E-state index in [0.717, 1.165) is 11.4 Å². The smallest absolute Gasteiger partial charge is 0.323 e. The number of urea groups is 1. The third-order valence-electron chi connectivity index (χ3n) is 5.93. The standard InChI is InChI=1S/C25H25N3O4/c1-25(2)13-18-22(20(29)14-25)23(21-10-6-12-32-21)28(19-9-4-3-8-17(19)27-18)24(30)26-15-16-7-5-11-31-16/h3-12,23,27H,13-15H2,1-2H3,(H,26,30). The van der Waals surface area contributed by atoms with Gasteiger partial charge in [-0.3, -0.25) is 9.69 Å². The van der Waals surface area contributed by atoms with E-state index in [9.17, 15) is 9.59 Å². The van der Waals surface area contributed by atoms with E-state index >= 15 is 0 Å². The summed E-state index contributed by atoms with van der Waals surface area (Å²) < 4.78 is 11.1.